The van der Waals surface area contributed by atoms with Gasteiger partial charge in [0.25, 0.3) is 0 Å². The van der Waals surface area contributed by atoms with Gasteiger partial charge < -0.3 is 14.7 Å². The summed E-state index contributed by atoms with van der Waals surface area (Å²) >= 11 is 0. The first-order valence-corrected chi connectivity index (χ1v) is 10.5. The maximum absolute atomic E-state index is 5.35. The molecule has 4 aromatic rings. The zero-order chi connectivity index (χ0) is 21.5. The molecular formula is C27H20N4O. The van der Waals surface area contributed by atoms with Crippen molar-refractivity contribution in [3.8, 4) is 16.9 Å². The first-order valence-electron chi connectivity index (χ1n) is 10.5. The minimum Gasteiger partial charge on any atom is -0.497 e. The van der Waals surface area contributed by atoms with Gasteiger partial charge in [-0.3, -0.25) is 0 Å². The lowest BCUT2D eigenvalue weighted by atomic mass is 10.1. The summed E-state index contributed by atoms with van der Waals surface area (Å²) in [6, 6.07) is 22.6. The van der Waals surface area contributed by atoms with Crippen LogP contribution in [0.1, 0.15) is 22.8 Å². The van der Waals surface area contributed by atoms with Crippen LogP contribution < -0.4 is 4.74 Å². The minimum absolute atomic E-state index is 0.830. The molecule has 0 saturated carbocycles. The predicted molar refractivity (Wildman–Crippen MR) is 131 cm³/mol. The third-order valence-electron chi connectivity index (χ3n) is 5.60. The zero-order valence-corrected chi connectivity index (χ0v) is 17.5. The molecule has 8 bridgehead atoms. The normalized spacial score (nSPS) is 12.3. The monoisotopic (exact) mass is 416 g/mol. The van der Waals surface area contributed by atoms with E-state index in [4.69, 9.17) is 14.7 Å². The van der Waals surface area contributed by atoms with Gasteiger partial charge in [0.05, 0.1) is 29.9 Å². The molecule has 5 heterocycles. The second-order valence-corrected chi connectivity index (χ2v) is 7.78. The molecule has 5 heteroatoms. The number of nitrogens with one attached hydrogen (secondary N) is 2. The van der Waals surface area contributed by atoms with E-state index in [0.29, 0.717) is 0 Å². The van der Waals surface area contributed by atoms with Crippen molar-refractivity contribution in [2.45, 2.75) is 0 Å². The number of hydrogen-bond donors (Lipinski definition) is 2. The van der Waals surface area contributed by atoms with E-state index in [2.05, 4.69) is 58.5 Å². The summed E-state index contributed by atoms with van der Waals surface area (Å²) < 4.78 is 5.35. The quantitative estimate of drug-likeness (QED) is 0.346. The van der Waals surface area contributed by atoms with Crippen molar-refractivity contribution in [2.75, 3.05) is 7.11 Å². The smallest absolute Gasteiger partial charge is 0.118 e. The minimum atomic E-state index is 0.830. The van der Waals surface area contributed by atoms with Crippen molar-refractivity contribution >= 4 is 46.4 Å². The predicted octanol–water partition coefficient (Wildman–Crippen LogP) is 6.33. The van der Waals surface area contributed by atoms with E-state index >= 15 is 0 Å². The maximum atomic E-state index is 5.35. The van der Waals surface area contributed by atoms with E-state index in [1.807, 2.05) is 42.5 Å². The number of fused-ring (bicyclic) bond motifs is 8. The molecule has 0 fully saturated rings. The van der Waals surface area contributed by atoms with Crippen LogP contribution >= 0.6 is 0 Å². The van der Waals surface area contributed by atoms with Crippen LogP contribution in [0.3, 0.4) is 0 Å². The van der Waals surface area contributed by atoms with E-state index in [1.54, 1.807) is 7.11 Å². The molecule has 3 aromatic heterocycles. The van der Waals surface area contributed by atoms with Crippen LogP contribution in [0.4, 0.5) is 0 Å². The van der Waals surface area contributed by atoms with Gasteiger partial charge in [-0.05, 0) is 84.5 Å². The van der Waals surface area contributed by atoms with Gasteiger partial charge in [-0.15, -0.1) is 0 Å². The molecule has 2 aliphatic rings. The molecule has 1 aromatic carbocycles. The van der Waals surface area contributed by atoms with Crippen LogP contribution in [0.2, 0.25) is 0 Å². The van der Waals surface area contributed by atoms with Gasteiger partial charge in [0.1, 0.15) is 5.75 Å². The van der Waals surface area contributed by atoms with Gasteiger partial charge in [0.2, 0.25) is 0 Å². The number of methoxy groups -OCH3 is 1. The van der Waals surface area contributed by atoms with Crippen LogP contribution in [0.5, 0.6) is 5.75 Å². The van der Waals surface area contributed by atoms with Crippen LogP contribution in [-0.2, 0) is 0 Å². The Kier molecular flexibility index (Phi) is 4.25. The fourth-order valence-electron chi connectivity index (χ4n) is 4.08. The number of aromatic amines is 2. The van der Waals surface area contributed by atoms with Crippen LogP contribution in [0.25, 0.3) is 57.5 Å². The molecule has 0 aliphatic carbocycles. The van der Waals surface area contributed by atoms with Gasteiger partial charge in [0, 0.05) is 27.6 Å². The summed E-state index contributed by atoms with van der Waals surface area (Å²) in [7, 11) is 1.68. The molecule has 0 saturated heterocycles. The van der Waals surface area contributed by atoms with Gasteiger partial charge in [-0.1, -0.05) is 12.1 Å². The average molecular weight is 416 g/mol. The standard InChI is InChI=1S/C27H20N4O/c1-32-24-10-2-17(3-11-24)27-25-12-8-22(30-25)15-20-6-4-18(28-20)14-19-5-7-21(29-19)16-23-9-13-26(27)31-23/h2-16,30-31H,1H3. The lowest BCUT2D eigenvalue weighted by molar-refractivity contribution is 0.415. The first-order chi connectivity index (χ1) is 15.7. The fraction of sp³-hybridized carbons (Fsp3) is 0.0370. The molecule has 0 unspecified atom stereocenters. The van der Waals surface area contributed by atoms with Gasteiger partial charge in [0.15, 0.2) is 0 Å². The zero-order valence-electron chi connectivity index (χ0n) is 17.5. The summed E-state index contributed by atoms with van der Waals surface area (Å²) in [6.45, 7) is 0. The number of ether oxygens (including phenoxy) is 1. The Hall–Kier alpha value is -4.38. The fourth-order valence-corrected chi connectivity index (χ4v) is 4.08. The number of rotatable bonds is 2. The van der Waals surface area contributed by atoms with E-state index in [9.17, 15) is 0 Å². The van der Waals surface area contributed by atoms with E-state index in [0.717, 1.165) is 61.7 Å². The molecule has 5 nitrogen and oxygen atoms in total. The molecule has 0 atom stereocenters. The highest BCUT2D eigenvalue weighted by Crippen LogP contribution is 2.30. The van der Waals surface area contributed by atoms with E-state index in [1.165, 1.54) is 0 Å². The molecule has 32 heavy (non-hydrogen) atoms. The van der Waals surface area contributed by atoms with Crippen molar-refractivity contribution in [1.29, 1.82) is 0 Å². The first kappa shape index (κ1) is 18.4. The van der Waals surface area contributed by atoms with Crippen LogP contribution in [-0.4, -0.2) is 27.0 Å². The summed E-state index contributed by atoms with van der Waals surface area (Å²) in [5, 5.41) is 0. The van der Waals surface area contributed by atoms with Crippen molar-refractivity contribution in [2.24, 2.45) is 0 Å². The Morgan fingerprint density at radius 3 is 1.59 bits per heavy atom. The Labute approximate surface area is 184 Å². The summed E-state index contributed by atoms with van der Waals surface area (Å²) in [5.74, 6) is 0.830. The SMILES string of the molecule is COc1ccc(-c2c3ccc(cc4nc(cc5nc(cc6ccc2[nH]6)C=C5)C=C4)[nH]3)cc1. The third kappa shape index (κ3) is 3.40. The van der Waals surface area contributed by atoms with E-state index < -0.39 is 0 Å². The summed E-state index contributed by atoms with van der Waals surface area (Å²) in [6.07, 6.45) is 8.06. The molecule has 0 amide bonds. The van der Waals surface area contributed by atoms with Gasteiger partial charge in [-0.2, -0.15) is 0 Å². The van der Waals surface area contributed by atoms with Crippen molar-refractivity contribution in [3.63, 3.8) is 0 Å². The summed E-state index contributed by atoms with van der Waals surface area (Å²) in [5.41, 5.74) is 9.81. The Balaban J connectivity index is 1.69. The highest BCUT2D eigenvalue weighted by molar-refractivity contribution is 5.93. The Morgan fingerprint density at radius 1 is 0.594 bits per heavy atom. The molecule has 2 N–H and O–H groups in total. The average Bonchev–Trinajstić information content (AvgIpc) is 3.60. The van der Waals surface area contributed by atoms with E-state index in [-0.39, 0.29) is 0 Å². The number of hydrogen-bond acceptors (Lipinski definition) is 3. The maximum Gasteiger partial charge on any atom is 0.118 e. The topological polar surface area (TPSA) is 66.6 Å². The van der Waals surface area contributed by atoms with Crippen LogP contribution in [0, 0.1) is 0 Å². The Morgan fingerprint density at radius 2 is 1.09 bits per heavy atom. The lowest BCUT2D eigenvalue weighted by Gasteiger charge is -2.04. The molecule has 2 aliphatic heterocycles. The number of H-pyrrole nitrogens is 2. The lowest BCUT2D eigenvalue weighted by Crippen LogP contribution is -1.84. The number of aromatic nitrogens is 4. The molecule has 6 rings (SSSR count). The van der Waals surface area contributed by atoms with Crippen LogP contribution in [0.15, 0.2) is 66.7 Å². The van der Waals surface area contributed by atoms with Crippen molar-refractivity contribution < 1.29 is 4.74 Å². The number of benzene rings is 1. The molecule has 154 valence electrons. The Bertz CT molecular complexity index is 1460. The molecule has 0 radical (unpaired) electrons. The summed E-state index contributed by atoms with van der Waals surface area (Å²) in [4.78, 5) is 16.5. The van der Waals surface area contributed by atoms with Gasteiger partial charge >= 0.3 is 0 Å². The highest BCUT2D eigenvalue weighted by Gasteiger charge is 2.08. The molecule has 0 spiro atoms. The van der Waals surface area contributed by atoms with Crippen molar-refractivity contribution in [1.82, 2.24) is 19.9 Å². The van der Waals surface area contributed by atoms with Crippen molar-refractivity contribution in [3.05, 3.63) is 89.5 Å². The second-order valence-electron chi connectivity index (χ2n) is 7.78. The molecular weight excluding hydrogens is 396 g/mol. The number of nitrogens with zero attached hydrogens (tertiary/aromatic N) is 2. The van der Waals surface area contributed by atoms with Gasteiger partial charge in [-0.25, -0.2) is 9.97 Å². The largest absolute Gasteiger partial charge is 0.497 e. The third-order valence-corrected chi connectivity index (χ3v) is 5.60. The second kappa shape index (κ2) is 7.39. The highest BCUT2D eigenvalue weighted by atomic mass is 16.5.